The Morgan fingerprint density at radius 1 is 1.24 bits per heavy atom. The van der Waals surface area contributed by atoms with Crippen LogP contribution in [0.3, 0.4) is 0 Å². The summed E-state index contributed by atoms with van der Waals surface area (Å²) in [6, 6.07) is 12.2. The monoisotopic (exact) mass is 345 g/mol. The molecule has 0 atom stereocenters. The van der Waals surface area contributed by atoms with Gasteiger partial charge in [0.1, 0.15) is 4.60 Å². The molecule has 0 spiro atoms. The Morgan fingerprint density at radius 3 is 2.76 bits per heavy atom. The van der Waals surface area contributed by atoms with Gasteiger partial charge in [0.25, 0.3) is 0 Å². The Morgan fingerprint density at radius 2 is 2.05 bits per heavy atom. The summed E-state index contributed by atoms with van der Waals surface area (Å²) in [5.41, 5.74) is 4.27. The van der Waals surface area contributed by atoms with Crippen molar-refractivity contribution in [3.63, 3.8) is 0 Å². The maximum Gasteiger partial charge on any atom is 0.128 e. The van der Waals surface area contributed by atoms with Crippen molar-refractivity contribution in [3.8, 4) is 11.3 Å². The number of aromatic nitrogens is 4. The van der Waals surface area contributed by atoms with Crippen LogP contribution in [0.25, 0.3) is 11.3 Å². The molecule has 0 bridgehead atoms. The van der Waals surface area contributed by atoms with E-state index in [9.17, 15) is 0 Å². The number of halogens is 1. The second-order valence-electron chi connectivity index (χ2n) is 4.84. The average molecular weight is 346 g/mol. The van der Waals surface area contributed by atoms with Gasteiger partial charge in [0.2, 0.25) is 0 Å². The molecule has 0 aliphatic heterocycles. The molecule has 0 fully saturated rings. The normalized spacial score (nSPS) is 11.0. The zero-order valence-corrected chi connectivity index (χ0v) is 13.3. The Hall–Kier alpha value is -1.92. The molecule has 1 aromatic carbocycles. The quantitative estimate of drug-likeness (QED) is 0.747. The Kier molecular flexibility index (Phi) is 4.17. The first-order chi connectivity index (χ1) is 10.2. The van der Waals surface area contributed by atoms with Gasteiger partial charge in [-0.3, -0.25) is 5.10 Å². The molecule has 108 valence electrons. The third kappa shape index (κ3) is 3.22. The van der Waals surface area contributed by atoms with E-state index in [1.807, 2.05) is 29.8 Å². The summed E-state index contributed by atoms with van der Waals surface area (Å²) < 4.78 is 2.88. The van der Waals surface area contributed by atoms with Gasteiger partial charge in [-0.05, 0) is 22.0 Å². The molecule has 2 aromatic heterocycles. The molecule has 0 saturated heterocycles. The van der Waals surface area contributed by atoms with E-state index in [0.29, 0.717) is 0 Å². The van der Waals surface area contributed by atoms with Crippen molar-refractivity contribution >= 4 is 15.9 Å². The highest BCUT2D eigenvalue weighted by atomic mass is 79.9. The number of aromatic amines is 1. The van der Waals surface area contributed by atoms with Gasteiger partial charge in [-0.2, -0.15) is 5.10 Å². The highest BCUT2D eigenvalue weighted by Gasteiger charge is 2.06. The Bertz CT molecular complexity index is 697. The van der Waals surface area contributed by atoms with Crippen molar-refractivity contribution in [3.05, 3.63) is 58.7 Å². The minimum Gasteiger partial charge on any atom is -0.336 e. The lowest BCUT2D eigenvalue weighted by Gasteiger charge is -2.04. The van der Waals surface area contributed by atoms with Crippen LogP contribution >= 0.6 is 15.9 Å². The minimum absolute atomic E-state index is 0.734. The number of hydrogen-bond acceptors (Lipinski definition) is 3. The highest BCUT2D eigenvalue weighted by molar-refractivity contribution is 9.10. The summed E-state index contributed by atoms with van der Waals surface area (Å²) in [6.07, 6.45) is 1.80. The van der Waals surface area contributed by atoms with Gasteiger partial charge in [-0.25, -0.2) is 4.98 Å². The van der Waals surface area contributed by atoms with E-state index >= 15 is 0 Å². The summed E-state index contributed by atoms with van der Waals surface area (Å²) in [5.74, 6) is 0. The van der Waals surface area contributed by atoms with E-state index in [2.05, 4.69) is 54.6 Å². The molecule has 5 nitrogen and oxygen atoms in total. The fraction of sp³-hybridized carbons (Fsp3) is 0.200. The van der Waals surface area contributed by atoms with Crippen molar-refractivity contribution in [1.82, 2.24) is 25.1 Å². The van der Waals surface area contributed by atoms with Crippen LogP contribution in [-0.4, -0.2) is 19.7 Å². The number of nitrogens with zero attached hydrogens (tertiary/aromatic N) is 3. The summed E-state index contributed by atoms with van der Waals surface area (Å²) in [7, 11) is 1.98. The van der Waals surface area contributed by atoms with E-state index < -0.39 is 0 Å². The van der Waals surface area contributed by atoms with Gasteiger partial charge >= 0.3 is 0 Å². The lowest BCUT2D eigenvalue weighted by molar-refractivity contribution is 0.642. The average Bonchev–Trinajstić information content (AvgIpc) is 3.10. The molecule has 21 heavy (non-hydrogen) atoms. The topological polar surface area (TPSA) is 58.5 Å². The summed E-state index contributed by atoms with van der Waals surface area (Å²) >= 11 is 3.45. The van der Waals surface area contributed by atoms with Crippen LogP contribution in [0.5, 0.6) is 0 Å². The SMILES string of the molecule is Cn1cnc(Br)c1CNCc1cc(-c2ccccc2)n[nH]1. The lowest BCUT2D eigenvalue weighted by Crippen LogP contribution is -2.15. The zero-order valence-electron chi connectivity index (χ0n) is 11.7. The lowest BCUT2D eigenvalue weighted by atomic mass is 10.1. The first kappa shape index (κ1) is 14.0. The Balaban J connectivity index is 1.61. The second kappa shape index (κ2) is 6.24. The molecule has 6 heteroatoms. The Labute approximate surface area is 131 Å². The molecule has 2 N–H and O–H groups in total. The van der Waals surface area contributed by atoms with Crippen LogP contribution < -0.4 is 5.32 Å². The van der Waals surface area contributed by atoms with Gasteiger partial charge in [0.05, 0.1) is 17.7 Å². The van der Waals surface area contributed by atoms with Gasteiger partial charge in [-0.1, -0.05) is 30.3 Å². The summed E-state index contributed by atoms with van der Waals surface area (Å²) in [4.78, 5) is 4.21. The van der Waals surface area contributed by atoms with Gasteiger partial charge < -0.3 is 9.88 Å². The third-order valence-corrected chi connectivity index (χ3v) is 3.98. The van der Waals surface area contributed by atoms with Crippen LogP contribution in [0.15, 0.2) is 47.3 Å². The smallest absolute Gasteiger partial charge is 0.128 e. The first-order valence-corrected chi connectivity index (χ1v) is 7.49. The van der Waals surface area contributed by atoms with Crippen LogP contribution in [0, 0.1) is 0 Å². The summed E-state index contributed by atoms with van der Waals surface area (Å²) in [6.45, 7) is 1.48. The highest BCUT2D eigenvalue weighted by Crippen LogP contribution is 2.17. The molecule has 0 aliphatic rings. The van der Waals surface area contributed by atoms with E-state index in [1.54, 1.807) is 6.33 Å². The predicted molar refractivity (Wildman–Crippen MR) is 85.5 cm³/mol. The van der Waals surface area contributed by atoms with Crippen molar-refractivity contribution < 1.29 is 0 Å². The number of rotatable bonds is 5. The maximum absolute atomic E-state index is 4.35. The second-order valence-corrected chi connectivity index (χ2v) is 5.59. The number of nitrogens with one attached hydrogen (secondary N) is 2. The molecule has 2 heterocycles. The van der Waals surface area contributed by atoms with Crippen molar-refractivity contribution in [2.45, 2.75) is 13.1 Å². The number of benzene rings is 1. The zero-order chi connectivity index (χ0) is 14.7. The van der Waals surface area contributed by atoms with Crippen LogP contribution in [0.4, 0.5) is 0 Å². The number of H-pyrrole nitrogens is 1. The van der Waals surface area contributed by atoms with Crippen LogP contribution in [0.2, 0.25) is 0 Å². The fourth-order valence-corrected chi connectivity index (χ4v) is 2.66. The molecule has 0 radical (unpaired) electrons. The molecule has 0 unspecified atom stereocenters. The van der Waals surface area contributed by atoms with Crippen molar-refractivity contribution in [2.75, 3.05) is 0 Å². The van der Waals surface area contributed by atoms with E-state index in [-0.39, 0.29) is 0 Å². The number of imidazole rings is 1. The largest absolute Gasteiger partial charge is 0.336 e. The maximum atomic E-state index is 4.35. The standard InChI is InChI=1S/C15H16BrN5/c1-21-10-18-15(16)14(21)9-17-8-12-7-13(20-19-12)11-5-3-2-4-6-11/h2-7,10,17H,8-9H2,1H3,(H,19,20). The van der Waals surface area contributed by atoms with Gasteiger partial charge in [-0.15, -0.1) is 0 Å². The van der Waals surface area contributed by atoms with Crippen molar-refractivity contribution in [1.29, 1.82) is 0 Å². The number of hydrogen-bond donors (Lipinski definition) is 2. The van der Waals surface area contributed by atoms with E-state index in [4.69, 9.17) is 0 Å². The number of aryl methyl sites for hydroxylation is 1. The van der Waals surface area contributed by atoms with Crippen LogP contribution in [-0.2, 0) is 20.1 Å². The molecule has 0 aliphatic carbocycles. The van der Waals surface area contributed by atoms with Gasteiger partial charge in [0.15, 0.2) is 0 Å². The fourth-order valence-electron chi connectivity index (χ4n) is 2.15. The van der Waals surface area contributed by atoms with E-state index in [0.717, 1.165) is 40.3 Å². The molecule has 3 rings (SSSR count). The molecule has 0 saturated carbocycles. The third-order valence-electron chi connectivity index (χ3n) is 3.32. The summed E-state index contributed by atoms with van der Waals surface area (Å²) in [5, 5.41) is 10.8. The minimum atomic E-state index is 0.734. The molecular formula is C15H16BrN5. The van der Waals surface area contributed by atoms with E-state index in [1.165, 1.54) is 0 Å². The molecule has 0 amide bonds. The molecule has 3 aromatic rings. The first-order valence-electron chi connectivity index (χ1n) is 6.70. The van der Waals surface area contributed by atoms with Crippen LogP contribution in [0.1, 0.15) is 11.4 Å². The van der Waals surface area contributed by atoms with Crippen molar-refractivity contribution in [2.24, 2.45) is 7.05 Å². The predicted octanol–water partition coefficient (Wildman–Crippen LogP) is 2.86. The van der Waals surface area contributed by atoms with Gasteiger partial charge in [0, 0.05) is 31.4 Å². The molecular weight excluding hydrogens is 330 g/mol.